The zero-order valence-corrected chi connectivity index (χ0v) is 12.2. The third kappa shape index (κ3) is 4.67. The van der Waals surface area contributed by atoms with Gasteiger partial charge in [0.1, 0.15) is 5.82 Å². The highest BCUT2D eigenvalue weighted by atomic mass is 19.4. The minimum absolute atomic E-state index is 0.0691. The maximum atomic E-state index is 13.1. The van der Waals surface area contributed by atoms with Gasteiger partial charge in [0.15, 0.2) is 0 Å². The minimum Gasteiger partial charge on any atom is -0.348 e. The molecule has 0 saturated carbocycles. The van der Waals surface area contributed by atoms with Gasteiger partial charge in [0, 0.05) is 25.2 Å². The Bertz CT molecular complexity index is 581. The second-order valence-corrected chi connectivity index (χ2v) is 5.45. The summed E-state index contributed by atoms with van der Waals surface area (Å²) in [5.41, 5.74) is 0.244. The van der Waals surface area contributed by atoms with Crippen molar-refractivity contribution < 1.29 is 27.2 Å². The molecule has 0 spiro atoms. The first-order chi connectivity index (χ1) is 10.8. The van der Waals surface area contributed by atoms with Crippen molar-refractivity contribution in [2.45, 2.75) is 19.0 Å². The predicted molar refractivity (Wildman–Crippen MR) is 74.1 cm³/mol. The summed E-state index contributed by atoms with van der Waals surface area (Å²) < 4.78 is 49.4. The molecule has 1 N–H and O–H groups in total. The fourth-order valence-corrected chi connectivity index (χ4v) is 2.48. The van der Waals surface area contributed by atoms with E-state index in [4.69, 9.17) is 0 Å². The number of nitrogens with one attached hydrogen (secondary N) is 1. The van der Waals surface area contributed by atoms with Crippen LogP contribution in [0.4, 0.5) is 17.6 Å². The van der Waals surface area contributed by atoms with Gasteiger partial charge in [-0.15, -0.1) is 0 Å². The summed E-state index contributed by atoms with van der Waals surface area (Å²) >= 11 is 0. The van der Waals surface area contributed by atoms with Crippen LogP contribution in [0.25, 0.3) is 0 Å². The molecule has 126 valence electrons. The lowest BCUT2D eigenvalue weighted by atomic mass is 9.96. The number of likely N-dealkylation sites (tertiary alicyclic amines) is 1. The molecule has 8 heteroatoms. The van der Waals surface area contributed by atoms with E-state index >= 15 is 0 Å². The van der Waals surface area contributed by atoms with Crippen molar-refractivity contribution in [2.75, 3.05) is 19.6 Å². The van der Waals surface area contributed by atoms with Gasteiger partial charge in [0.05, 0.1) is 0 Å². The van der Waals surface area contributed by atoms with Crippen LogP contribution in [0.3, 0.4) is 0 Å². The van der Waals surface area contributed by atoms with Gasteiger partial charge < -0.3 is 10.2 Å². The maximum Gasteiger partial charge on any atom is 0.471 e. The maximum absolute atomic E-state index is 13.1. The summed E-state index contributed by atoms with van der Waals surface area (Å²) in [7, 11) is 0. The van der Waals surface area contributed by atoms with Gasteiger partial charge in [-0.25, -0.2) is 4.39 Å². The monoisotopic (exact) mass is 332 g/mol. The molecule has 0 atom stereocenters. The summed E-state index contributed by atoms with van der Waals surface area (Å²) in [5, 5.41) is 1.86. The van der Waals surface area contributed by atoms with E-state index in [1.54, 1.807) is 0 Å². The Morgan fingerprint density at radius 2 is 1.87 bits per heavy atom. The third-order valence-electron chi connectivity index (χ3n) is 3.78. The highest BCUT2D eigenvalue weighted by Gasteiger charge is 2.38. The lowest BCUT2D eigenvalue weighted by molar-refractivity contribution is -0.173. The normalized spacial score (nSPS) is 16.3. The Balaban J connectivity index is 1.82. The van der Waals surface area contributed by atoms with Crippen molar-refractivity contribution in [3.8, 4) is 0 Å². The molecule has 23 heavy (non-hydrogen) atoms. The summed E-state index contributed by atoms with van der Waals surface area (Å²) in [6.45, 7) is 0.657. The molecule has 1 heterocycles. The summed E-state index contributed by atoms with van der Waals surface area (Å²) in [4.78, 5) is 24.5. The zero-order valence-electron chi connectivity index (χ0n) is 12.2. The van der Waals surface area contributed by atoms with E-state index < -0.39 is 17.9 Å². The van der Waals surface area contributed by atoms with Gasteiger partial charge in [0.2, 0.25) is 0 Å². The zero-order chi connectivity index (χ0) is 17.0. The van der Waals surface area contributed by atoms with E-state index in [0.29, 0.717) is 25.9 Å². The first kappa shape index (κ1) is 17.2. The minimum atomic E-state index is -4.88. The van der Waals surface area contributed by atoms with Crippen LogP contribution in [-0.4, -0.2) is 42.5 Å². The lowest BCUT2D eigenvalue weighted by Crippen LogP contribution is -2.44. The number of benzene rings is 1. The first-order valence-electron chi connectivity index (χ1n) is 7.17. The van der Waals surface area contributed by atoms with E-state index in [0.717, 1.165) is 6.07 Å². The number of amides is 2. The van der Waals surface area contributed by atoms with E-state index in [9.17, 15) is 27.2 Å². The molecular weight excluding hydrogens is 316 g/mol. The standard InChI is InChI=1S/C15H16F4N2O2/c16-12-3-1-2-11(8-12)13(22)21-6-4-10(5-7-21)9-20-14(23)15(17,18)19/h1-3,8,10H,4-7,9H2,(H,20,23). The summed E-state index contributed by atoms with van der Waals surface area (Å²) in [6.07, 6.45) is -3.91. The molecule has 1 saturated heterocycles. The van der Waals surface area contributed by atoms with Crippen molar-refractivity contribution >= 4 is 11.8 Å². The van der Waals surface area contributed by atoms with E-state index in [1.807, 2.05) is 5.32 Å². The molecule has 0 unspecified atom stereocenters. The Hall–Kier alpha value is -2.12. The predicted octanol–water partition coefficient (Wildman–Crippen LogP) is 2.36. The number of hydrogen-bond acceptors (Lipinski definition) is 2. The fourth-order valence-electron chi connectivity index (χ4n) is 2.48. The average molecular weight is 332 g/mol. The van der Waals surface area contributed by atoms with Crippen LogP contribution in [-0.2, 0) is 4.79 Å². The van der Waals surface area contributed by atoms with Gasteiger partial charge in [0.25, 0.3) is 5.91 Å². The topological polar surface area (TPSA) is 49.4 Å². The van der Waals surface area contributed by atoms with Crippen LogP contribution in [0.5, 0.6) is 0 Å². The van der Waals surface area contributed by atoms with E-state index in [-0.39, 0.29) is 23.9 Å². The smallest absolute Gasteiger partial charge is 0.348 e. The largest absolute Gasteiger partial charge is 0.471 e. The number of carbonyl (C=O) groups excluding carboxylic acids is 2. The van der Waals surface area contributed by atoms with Crippen LogP contribution in [0.15, 0.2) is 24.3 Å². The summed E-state index contributed by atoms with van der Waals surface area (Å²) in [5.74, 6) is -2.86. The van der Waals surface area contributed by atoms with Gasteiger partial charge in [-0.1, -0.05) is 6.07 Å². The number of rotatable bonds is 3. The highest BCUT2D eigenvalue weighted by Crippen LogP contribution is 2.20. The number of hydrogen-bond donors (Lipinski definition) is 1. The molecular formula is C15H16F4N2O2. The number of halogens is 4. The Morgan fingerprint density at radius 3 is 2.43 bits per heavy atom. The van der Waals surface area contributed by atoms with Gasteiger partial charge in [-0.05, 0) is 37.0 Å². The fraction of sp³-hybridized carbons (Fsp3) is 0.467. The Kier molecular flexibility index (Phi) is 5.23. The molecule has 0 aliphatic carbocycles. The van der Waals surface area contributed by atoms with E-state index in [2.05, 4.69) is 0 Å². The third-order valence-corrected chi connectivity index (χ3v) is 3.78. The molecule has 1 fully saturated rings. The van der Waals surface area contributed by atoms with Gasteiger partial charge >= 0.3 is 12.1 Å². The highest BCUT2D eigenvalue weighted by molar-refractivity contribution is 5.94. The molecule has 0 radical (unpaired) electrons. The number of nitrogens with zero attached hydrogens (tertiary/aromatic N) is 1. The van der Waals surface area contributed by atoms with Crippen LogP contribution >= 0.6 is 0 Å². The molecule has 1 aliphatic heterocycles. The van der Waals surface area contributed by atoms with E-state index in [1.165, 1.54) is 23.1 Å². The summed E-state index contributed by atoms with van der Waals surface area (Å²) in [6, 6.07) is 5.35. The lowest BCUT2D eigenvalue weighted by Gasteiger charge is -2.32. The Morgan fingerprint density at radius 1 is 1.22 bits per heavy atom. The van der Waals surface area contributed by atoms with Crippen LogP contribution in [0, 0.1) is 11.7 Å². The molecule has 0 aromatic heterocycles. The number of carbonyl (C=O) groups is 2. The van der Waals surface area contributed by atoms with Crippen molar-refractivity contribution in [3.05, 3.63) is 35.6 Å². The van der Waals surface area contributed by atoms with Gasteiger partial charge in [-0.2, -0.15) is 13.2 Å². The van der Waals surface area contributed by atoms with Crippen molar-refractivity contribution in [2.24, 2.45) is 5.92 Å². The van der Waals surface area contributed by atoms with Crippen LogP contribution in [0.1, 0.15) is 23.2 Å². The first-order valence-corrected chi connectivity index (χ1v) is 7.17. The average Bonchev–Trinajstić information content (AvgIpc) is 2.51. The molecule has 4 nitrogen and oxygen atoms in total. The van der Waals surface area contributed by atoms with Crippen molar-refractivity contribution in [1.82, 2.24) is 10.2 Å². The Labute approximate surface area is 130 Å². The quantitative estimate of drug-likeness (QED) is 0.864. The van der Waals surface area contributed by atoms with Crippen molar-refractivity contribution in [3.63, 3.8) is 0 Å². The second kappa shape index (κ2) is 6.97. The van der Waals surface area contributed by atoms with Crippen LogP contribution < -0.4 is 5.32 Å². The molecule has 2 amide bonds. The molecule has 1 aromatic carbocycles. The molecule has 1 aliphatic rings. The molecule has 1 aromatic rings. The second-order valence-electron chi connectivity index (χ2n) is 5.45. The molecule has 0 bridgehead atoms. The van der Waals surface area contributed by atoms with Crippen LogP contribution in [0.2, 0.25) is 0 Å². The number of alkyl halides is 3. The number of piperidine rings is 1. The van der Waals surface area contributed by atoms with Crippen molar-refractivity contribution in [1.29, 1.82) is 0 Å². The SMILES string of the molecule is O=C(c1cccc(F)c1)N1CCC(CNC(=O)C(F)(F)F)CC1. The van der Waals surface area contributed by atoms with Gasteiger partial charge in [-0.3, -0.25) is 9.59 Å². The molecule has 2 rings (SSSR count).